The molecule has 0 saturated heterocycles. The maximum Gasteiger partial charge on any atom is 0.322 e. The van der Waals surface area contributed by atoms with Crippen molar-refractivity contribution in [2.24, 2.45) is 0 Å². The molecule has 1 rings (SSSR count). The molecular weight excluding hydrogens is 298 g/mol. The fraction of sp³-hybridized carbons (Fsp3) is 0.333. The predicted molar refractivity (Wildman–Crippen MR) is 76.4 cm³/mol. The molecule has 0 bridgehead atoms. The molecule has 9 heteroatoms. The minimum absolute atomic E-state index is 0.0258. The van der Waals surface area contributed by atoms with Crippen LogP contribution in [-0.4, -0.2) is 45.0 Å². The smallest absolute Gasteiger partial charge is 0.322 e. The Morgan fingerprint density at radius 3 is 2.48 bits per heavy atom. The van der Waals surface area contributed by atoms with Crippen molar-refractivity contribution in [1.29, 1.82) is 0 Å². The molecule has 0 atom stereocenters. The van der Waals surface area contributed by atoms with Crippen LogP contribution in [-0.2, 0) is 19.6 Å². The Kier molecular flexibility index (Phi) is 6.12. The third kappa shape index (κ3) is 5.40. The van der Waals surface area contributed by atoms with E-state index in [1.54, 1.807) is 19.1 Å². The van der Waals surface area contributed by atoms with Gasteiger partial charge in [-0.1, -0.05) is 19.1 Å². The summed E-state index contributed by atoms with van der Waals surface area (Å²) < 4.78 is 26.3. The molecule has 0 saturated carbocycles. The zero-order valence-corrected chi connectivity index (χ0v) is 12.2. The fourth-order valence-corrected chi connectivity index (χ4v) is 2.75. The van der Waals surface area contributed by atoms with Crippen LogP contribution in [0, 0.1) is 0 Å². The number of hydrogen-bond donors (Lipinski definition) is 4. The number of aliphatic carboxylic acids is 1. The fourth-order valence-electron chi connectivity index (χ4n) is 1.53. The summed E-state index contributed by atoms with van der Waals surface area (Å²) in [6.07, 6.45) is 0. The quantitative estimate of drug-likeness (QED) is 0.517. The van der Waals surface area contributed by atoms with Gasteiger partial charge in [-0.25, -0.2) is 13.1 Å². The number of sulfonamides is 1. The summed E-state index contributed by atoms with van der Waals surface area (Å²) >= 11 is 0. The average Bonchev–Trinajstić information content (AvgIpc) is 2.43. The molecule has 0 aliphatic heterocycles. The summed E-state index contributed by atoms with van der Waals surface area (Å²) in [5.41, 5.74) is 0.268. The highest BCUT2D eigenvalue weighted by Gasteiger charge is 2.17. The highest BCUT2D eigenvalue weighted by Crippen LogP contribution is 2.20. The molecule has 0 radical (unpaired) electrons. The molecular formula is C12H17N3O5S. The minimum atomic E-state index is -3.65. The Bertz CT molecular complexity index is 615. The predicted octanol–water partition coefficient (Wildman–Crippen LogP) is -0.402. The Labute approximate surface area is 122 Å². The van der Waals surface area contributed by atoms with Gasteiger partial charge in [0.05, 0.1) is 12.2 Å². The molecule has 1 aromatic carbocycles. The maximum absolute atomic E-state index is 12.0. The van der Waals surface area contributed by atoms with Gasteiger partial charge in [0, 0.05) is 6.54 Å². The molecule has 21 heavy (non-hydrogen) atoms. The monoisotopic (exact) mass is 315 g/mol. The first-order chi connectivity index (χ1) is 9.86. The lowest BCUT2D eigenvalue weighted by atomic mass is 10.3. The largest absolute Gasteiger partial charge is 0.480 e. The number of hydrogen-bond acceptors (Lipinski definition) is 5. The van der Waals surface area contributed by atoms with E-state index in [-0.39, 0.29) is 23.7 Å². The average molecular weight is 315 g/mol. The lowest BCUT2D eigenvalue weighted by Gasteiger charge is -2.12. The lowest BCUT2D eigenvalue weighted by molar-refractivity contribution is -0.137. The SMILES string of the molecule is CCNS(=O)(=O)c1ccccc1NCC(=O)NCC(=O)O. The first kappa shape index (κ1) is 16.9. The van der Waals surface area contributed by atoms with E-state index in [4.69, 9.17) is 5.11 Å². The van der Waals surface area contributed by atoms with E-state index in [9.17, 15) is 18.0 Å². The van der Waals surface area contributed by atoms with E-state index in [1.807, 2.05) is 0 Å². The summed E-state index contributed by atoms with van der Waals surface area (Å²) in [6.45, 7) is 1.19. The molecule has 116 valence electrons. The van der Waals surface area contributed by atoms with Gasteiger partial charge in [0.15, 0.2) is 0 Å². The van der Waals surface area contributed by atoms with Crippen molar-refractivity contribution in [3.05, 3.63) is 24.3 Å². The van der Waals surface area contributed by atoms with Crippen molar-refractivity contribution >= 4 is 27.6 Å². The van der Waals surface area contributed by atoms with Crippen molar-refractivity contribution in [2.45, 2.75) is 11.8 Å². The van der Waals surface area contributed by atoms with Crippen LogP contribution in [0.1, 0.15) is 6.92 Å². The highest BCUT2D eigenvalue weighted by molar-refractivity contribution is 7.89. The van der Waals surface area contributed by atoms with Crippen LogP contribution in [0.3, 0.4) is 0 Å². The number of carboxylic acid groups (broad SMARTS) is 1. The summed E-state index contributed by atoms with van der Waals surface area (Å²) in [5.74, 6) is -1.70. The van der Waals surface area contributed by atoms with Crippen molar-refractivity contribution in [1.82, 2.24) is 10.0 Å². The molecule has 8 nitrogen and oxygen atoms in total. The molecule has 0 aliphatic rings. The van der Waals surface area contributed by atoms with Crippen molar-refractivity contribution in [2.75, 3.05) is 25.0 Å². The summed E-state index contributed by atoms with van der Waals surface area (Å²) in [6, 6.07) is 6.13. The molecule has 4 N–H and O–H groups in total. The second-order valence-corrected chi connectivity index (χ2v) is 5.76. The van der Waals surface area contributed by atoms with E-state index >= 15 is 0 Å². The molecule has 0 aliphatic carbocycles. The van der Waals surface area contributed by atoms with Crippen LogP contribution in [0.25, 0.3) is 0 Å². The molecule has 0 aromatic heterocycles. The molecule has 0 fully saturated rings. The number of rotatable bonds is 8. The summed E-state index contributed by atoms with van der Waals surface area (Å²) in [5, 5.41) is 13.3. The molecule has 1 aromatic rings. The van der Waals surface area contributed by atoms with Crippen molar-refractivity contribution in [3.63, 3.8) is 0 Å². The molecule has 1 amide bonds. The Balaban J connectivity index is 2.76. The zero-order valence-electron chi connectivity index (χ0n) is 11.4. The van der Waals surface area contributed by atoms with Gasteiger partial charge in [-0.3, -0.25) is 9.59 Å². The van der Waals surface area contributed by atoms with Crippen LogP contribution in [0.4, 0.5) is 5.69 Å². The van der Waals surface area contributed by atoms with Gasteiger partial charge in [0.2, 0.25) is 15.9 Å². The molecule has 0 unspecified atom stereocenters. The number of anilines is 1. The summed E-state index contributed by atoms with van der Waals surface area (Å²) in [4.78, 5) is 21.7. The second kappa shape index (κ2) is 7.60. The minimum Gasteiger partial charge on any atom is -0.480 e. The number of carbonyl (C=O) groups is 2. The van der Waals surface area contributed by atoms with Crippen LogP contribution in [0.2, 0.25) is 0 Å². The van der Waals surface area contributed by atoms with Crippen LogP contribution < -0.4 is 15.4 Å². The topological polar surface area (TPSA) is 125 Å². The Morgan fingerprint density at radius 2 is 1.86 bits per heavy atom. The standard InChI is InChI=1S/C12H17N3O5S/c1-2-15-21(19,20)10-6-4-3-5-9(10)13-7-11(16)14-8-12(17)18/h3-6,13,15H,2,7-8H2,1H3,(H,14,16)(H,17,18). The van der Waals surface area contributed by atoms with Gasteiger partial charge < -0.3 is 15.7 Å². The zero-order chi connectivity index (χ0) is 15.9. The summed E-state index contributed by atoms with van der Waals surface area (Å²) in [7, 11) is -3.65. The van der Waals surface area contributed by atoms with Gasteiger partial charge in [0.1, 0.15) is 11.4 Å². The third-order valence-corrected chi connectivity index (χ3v) is 3.99. The van der Waals surface area contributed by atoms with Crippen LogP contribution in [0.5, 0.6) is 0 Å². The number of carbonyl (C=O) groups excluding carboxylic acids is 1. The van der Waals surface area contributed by atoms with Crippen LogP contribution >= 0.6 is 0 Å². The highest BCUT2D eigenvalue weighted by atomic mass is 32.2. The Hall–Kier alpha value is -2.13. The van der Waals surface area contributed by atoms with Gasteiger partial charge in [-0.2, -0.15) is 0 Å². The van der Waals surface area contributed by atoms with Crippen LogP contribution in [0.15, 0.2) is 29.2 Å². The van der Waals surface area contributed by atoms with Gasteiger partial charge in [-0.15, -0.1) is 0 Å². The normalized spacial score (nSPS) is 10.9. The van der Waals surface area contributed by atoms with E-state index in [2.05, 4.69) is 15.4 Å². The van der Waals surface area contributed by atoms with E-state index in [0.29, 0.717) is 0 Å². The number of nitrogens with one attached hydrogen (secondary N) is 3. The maximum atomic E-state index is 12.0. The molecule has 0 heterocycles. The van der Waals surface area contributed by atoms with Gasteiger partial charge in [-0.05, 0) is 12.1 Å². The van der Waals surface area contributed by atoms with Crippen molar-refractivity contribution in [3.8, 4) is 0 Å². The number of para-hydroxylation sites is 1. The van der Waals surface area contributed by atoms with Crippen molar-refractivity contribution < 1.29 is 23.1 Å². The van der Waals surface area contributed by atoms with E-state index in [0.717, 1.165) is 0 Å². The van der Waals surface area contributed by atoms with E-state index < -0.39 is 28.4 Å². The Morgan fingerprint density at radius 1 is 1.19 bits per heavy atom. The first-order valence-corrected chi connectivity index (χ1v) is 7.66. The third-order valence-electron chi connectivity index (χ3n) is 2.39. The van der Waals surface area contributed by atoms with E-state index in [1.165, 1.54) is 12.1 Å². The molecule has 0 spiro atoms. The first-order valence-electron chi connectivity index (χ1n) is 6.18. The second-order valence-electron chi connectivity index (χ2n) is 4.02. The number of carboxylic acids is 1. The van der Waals surface area contributed by atoms with Gasteiger partial charge in [0.25, 0.3) is 0 Å². The lowest BCUT2D eigenvalue weighted by Crippen LogP contribution is -2.34. The number of benzene rings is 1. The van der Waals surface area contributed by atoms with Gasteiger partial charge >= 0.3 is 5.97 Å². The number of amides is 1.